The number of carbonyl (C=O) groups is 2. The Morgan fingerprint density at radius 1 is 1.33 bits per heavy atom. The molecule has 0 saturated carbocycles. The summed E-state index contributed by atoms with van der Waals surface area (Å²) in [6.07, 6.45) is 5.69. The molecular formula is C22H34O5. The highest BCUT2D eigenvalue weighted by atomic mass is 16.5. The van der Waals surface area contributed by atoms with Crippen molar-refractivity contribution in [3.05, 3.63) is 35.5 Å². The van der Waals surface area contributed by atoms with E-state index in [1.807, 2.05) is 26.0 Å². The van der Waals surface area contributed by atoms with Crippen molar-refractivity contribution in [3.63, 3.8) is 0 Å². The highest BCUT2D eigenvalue weighted by Crippen LogP contribution is 2.29. The average Bonchev–Trinajstić information content (AvgIpc) is 2.61. The number of hydrogen-bond donors (Lipinski definition) is 2. The minimum Gasteiger partial charge on any atom is -0.463 e. The number of ether oxygens (including phenoxy) is 1. The van der Waals surface area contributed by atoms with E-state index in [1.54, 1.807) is 6.92 Å². The summed E-state index contributed by atoms with van der Waals surface area (Å²) >= 11 is 0. The normalized spacial score (nSPS) is 32.4. The molecule has 0 aliphatic heterocycles. The van der Waals surface area contributed by atoms with Gasteiger partial charge in [0.2, 0.25) is 0 Å². The number of hydrogen-bond acceptors (Lipinski definition) is 5. The van der Waals surface area contributed by atoms with Gasteiger partial charge in [0.15, 0.2) is 5.78 Å². The number of allylic oxidation sites excluding steroid dienone is 3. The van der Waals surface area contributed by atoms with Crippen LogP contribution in [0.25, 0.3) is 0 Å². The molecule has 0 aromatic carbocycles. The Kier molecular flexibility index (Phi) is 9.13. The molecule has 27 heavy (non-hydrogen) atoms. The zero-order valence-electron chi connectivity index (χ0n) is 17.1. The largest absolute Gasteiger partial charge is 0.463 e. The molecule has 2 N–H and O–H groups in total. The third-order valence-electron chi connectivity index (χ3n) is 5.30. The Hall–Kier alpha value is -1.72. The minimum absolute atomic E-state index is 0.202. The molecule has 0 aromatic heterocycles. The lowest BCUT2D eigenvalue weighted by Crippen LogP contribution is -2.36. The number of carbonyl (C=O) groups excluding carboxylic acids is 2. The first kappa shape index (κ1) is 23.3. The lowest BCUT2D eigenvalue weighted by molar-refractivity contribution is -0.139. The second-order valence-corrected chi connectivity index (χ2v) is 7.66. The van der Waals surface area contributed by atoms with Gasteiger partial charge in [0.1, 0.15) is 5.60 Å². The molecule has 1 aliphatic carbocycles. The Bertz CT molecular complexity index is 612. The second kappa shape index (κ2) is 10.6. The highest BCUT2D eigenvalue weighted by molar-refractivity contribution is 5.88. The number of aliphatic hydroxyl groups is 2. The zero-order valence-corrected chi connectivity index (χ0v) is 17.1. The van der Waals surface area contributed by atoms with E-state index in [0.29, 0.717) is 25.7 Å². The highest BCUT2D eigenvalue weighted by Gasteiger charge is 2.32. The van der Waals surface area contributed by atoms with Crippen LogP contribution in [-0.2, 0) is 14.3 Å². The van der Waals surface area contributed by atoms with E-state index in [0.717, 1.165) is 11.1 Å². The number of esters is 1. The average molecular weight is 379 g/mol. The molecule has 0 amide bonds. The Morgan fingerprint density at radius 3 is 2.63 bits per heavy atom. The van der Waals surface area contributed by atoms with Crippen LogP contribution in [0.4, 0.5) is 0 Å². The topological polar surface area (TPSA) is 83.8 Å². The third-order valence-corrected chi connectivity index (χ3v) is 5.30. The molecule has 0 saturated heterocycles. The van der Waals surface area contributed by atoms with Crippen molar-refractivity contribution >= 4 is 11.8 Å². The molecule has 0 radical (unpaired) electrons. The van der Waals surface area contributed by atoms with Crippen LogP contribution in [-0.4, -0.2) is 40.3 Å². The molecule has 0 fully saturated rings. The van der Waals surface area contributed by atoms with Crippen LogP contribution in [0, 0.1) is 5.92 Å². The van der Waals surface area contributed by atoms with Crippen LogP contribution >= 0.6 is 0 Å². The van der Waals surface area contributed by atoms with Gasteiger partial charge in [0, 0.05) is 12.0 Å². The monoisotopic (exact) mass is 378 g/mol. The van der Waals surface area contributed by atoms with Crippen molar-refractivity contribution in [3.8, 4) is 0 Å². The van der Waals surface area contributed by atoms with Gasteiger partial charge in [-0.25, -0.2) is 4.79 Å². The molecular weight excluding hydrogens is 344 g/mol. The van der Waals surface area contributed by atoms with Crippen molar-refractivity contribution in [2.75, 3.05) is 6.61 Å². The Balaban J connectivity index is 3.10. The van der Waals surface area contributed by atoms with Crippen molar-refractivity contribution in [1.29, 1.82) is 0 Å². The van der Waals surface area contributed by atoms with Crippen LogP contribution in [0.5, 0.6) is 0 Å². The van der Waals surface area contributed by atoms with Crippen molar-refractivity contribution in [2.24, 2.45) is 5.92 Å². The summed E-state index contributed by atoms with van der Waals surface area (Å²) in [5, 5.41) is 21.2. The van der Waals surface area contributed by atoms with Gasteiger partial charge < -0.3 is 14.9 Å². The van der Waals surface area contributed by atoms with Gasteiger partial charge in [-0.3, -0.25) is 4.79 Å². The third kappa shape index (κ3) is 7.43. The fourth-order valence-electron chi connectivity index (χ4n) is 3.14. The smallest absolute Gasteiger partial charge is 0.333 e. The van der Waals surface area contributed by atoms with Gasteiger partial charge in [0.05, 0.1) is 12.7 Å². The van der Waals surface area contributed by atoms with E-state index in [2.05, 4.69) is 6.58 Å². The first-order valence-electron chi connectivity index (χ1n) is 9.70. The van der Waals surface area contributed by atoms with Crippen LogP contribution in [0.2, 0.25) is 0 Å². The lowest BCUT2D eigenvalue weighted by Gasteiger charge is -2.27. The first-order valence-corrected chi connectivity index (χ1v) is 9.70. The van der Waals surface area contributed by atoms with Crippen molar-refractivity contribution in [1.82, 2.24) is 0 Å². The van der Waals surface area contributed by atoms with Gasteiger partial charge in [-0.15, -0.1) is 0 Å². The second-order valence-electron chi connectivity index (χ2n) is 7.66. The van der Waals surface area contributed by atoms with E-state index < -0.39 is 17.7 Å². The molecule has 152 valence electrons. The summed E-state index contributed by atoms with van der Waals surface area (Å²) in [7, 11) is 0. The summed E-state index contributed by atoms with van der Waals surface area (Å²) in [4.78, 5) is 24.5. The van der Waals surface area contributed by atoms with Gasteiger partial charge in [-0.2, -0.15) is 0 Å². The lowest BCUT2D eigenvalue weighted by atomic mass is 9.82. The maximum Gasteiger partial charge on any atom is 0.333 e. The summed E-state index contributed by atoms with van der Waals surface area (Å²) in [5.41, 5.74) is 0.728. The number of rotatable bonds is 3. The van der Waals surface area contributed by atoms with E-state index in [9.17, 15) is 19.8 Å². The molecule has 0 spiro atoms. The first-order chi connectivity index (χ1) is 12.6. The van der Waals surface area contributed by atoms with E-state index in [1.165, 1.54) is 6.92 Å². The zero-order chi connectivity index (χ0) is 20.6. The molecule has 1 rings (SSSR count). The maximum absolute atomic E-state index is 12.4. The maximum atomic E-state index is 12.4. The molecule has 5 heteroatoms. The summed E-state index contributed by atoms with van der Waals surface area (Å²) in [6.45, 7) is 11.2. The predicted octanol–water partition coefficient (Wildman–Crippen LogP) is 3.65. The predicted molar refractivity (Wildman–Crippen MR) is 106 cm³/mol. The molecule has 1 aliphatic rings. The van der Waals surface area contributed by atoms with Crippen LogP contribution in [0.1, 0.15) is 66.2 Å². The number of Topliss-reactive ketones (excluding diaryl/α,β-unsaturated/α-hetero) is 1. The number of ketones is 1. The van der Waals surface area contributed by atoms with Gasteiger partial charge in [0.25, 0.3) is 0 Å². The molecule has 0 bridgehead atoms. The SMILES string of the molecule is C=C(C(=O)OCC)[C@@H]1CC[C@@](C)(O)C(=O)CC/C(C)=C/C/C=C(\C)[C@@H](O)C1. The van der Waals surface area contributed by atoms with E-state index in [-0.39, 0.29) is 36.7 Å². The standard InChI is InChI=1S/C22H34O5/c1-6-27-21(25)17(4)18-12-13-22(5,26)20(24)11-10-15(2)8-7-9-16(3)19(23)14-18/h8-9,18-19,23,26H,4,6-7,10-14H2,1-3,5H3/b15-8+,16-9+/t18-,19+,22-/m1/s1. The quantitative estimate of drug-likeness (QED) is 0.445. The number of aliphatic hydroxyl groups excluding tert-OH is 1. The molecule has 0 heterocycles. The fraction of sp³-hybridized carbons (Fsp3) is 0.636. The van der Waals surface area contributed by atoms with Crippen molar-refractivity contribution in [2.45, 2.75) is 77.9 Å². The summed E-state index contributed by atoms with van der Waals surface area (Å²) in [5.74, 6) is -1.08. The van der Waals surface area contributed by atoms with Gasteiger partial charge in [-0.05, 0) is 71.3 Å². The summed E-state index contributed by atoms with van der Waals surface area (Å²) < 4.78 is 5.04. The van der Waals surface area contributed by atoms with Crippen LogP contribution < -0.4 is 0 Å². The molecule has 3 atom stereocenters. The summed E-state index contributed by atoms with van der Waals surface area (Å²) in [6, 6.07) is 0. The van der Waals surface area contributed by atoms with Gasteiger partial charge >= 0.3 is 5.97 Å². The van der Waals surface area contributed by atoms with E-state index in [4.69, 9.17) is 4.74 Å². The van der Waals surface area contributed by atoms with Gasteiger partial charge in [-0.1, -0.05) is 24.3 Å². The van der Waals surface area contributed by atoms with Crippen LogP contribution in [0.3, 0.4) is 0 Å². The van der Waals surface area contributed by atoms with Crippen LogP contribution in [0.15, 0.2) is 35.5 Å². The fourth-order valence-corrected chi connectivity index (χ4v) is 3.14. The van der Waals surface area contributed by atoms with E-state index >= 15 is 0 Å². The molecule has 0 unspecified atom stereocenters. The Labute approximate surface area is 162 Å². The minimum atomic E-state index is -1.46. The molecule has 5 nitrogen and oxygen atoms in total. The molecule has 0 aromatic rings. The van der Waals surface area contributed by atoms with Crippen molar-refractivity contribution < 1.29 is 24.5 Å². The Morgan fingerprint density at radius 2 is 2.00 bits per heavy atom.